The number of carbonyl (C=O) groups is 1. The first-order valence-corrected chi connectivity index (χ1v) is 11.4. The van der Waals surface area contributed by atoms with E-state index in [1.807, 2.05) is 48.8 Å². The number of hydrogen-bond donors (Lipinski definition) is 2. The zero-order valence-corrected chi connectivity index (χ0v) is 18.7. The van der Waals surface area contributed by atoms with Gasteiger partial charge in [0.1, 0.15) is 16.9 Å². The van der Waals surface area contributed by atoms with E-state index in [2.05, 4.69) is 32.7 Å². The summed E-state index contributed by atoms with van der Waals surface area (Å²) in [6, 6.07) is 15.7. The molecule has 3 heterocycles. The van der Waals surface area contributed by atoms with Gasteiger partial charge < -0.3 is 24.7 Å². The first-order valence-electron chi connectivity index (χ1n) is 11.4. The average molecular weight is 445 g/mol. The molecule has 1 saturated heterocycles. The van der Waals surface area contributed by atoms with Gasteiger partial charge in [-0.15, -0.1) is 0 Å². The third-order valence-corrected chi connectivity index (χ3v) is 6.34. The maximum atomic E-state index is 12.7. The molecule has 0 saturated carbocycles. The molecule has 0 bridgehead atoms. The van der Waals surface area contributed by atoms with E-state index in [-0.39, 0.29) is 12.1 Å². The number of nitrogens with one attached hydrogen (secondary N) is 2. The van der Waals surface area contributed by atoms with Crippen LogP contribution in [0.2, 0.25) is 0 Å². The monoisotopic (exact) mass is 444 g/mol. The molecule has 7 nitrogen and oxygen atoms in total. The largest absolute Gasteiger partial charge is 0.495 e. The van der Waals surface area contributed by atoms with Gasteiger partial charge in [0.05, 0.1) is 12.8 Å². The van der Waals surface area contributed by atoms with Gasteiger partial charge in [-0.25, -0.2) is 4.79 Å². The number of furan rings is 1. The van der Waals surface area contributed by atoms with Crippen LogP contribution in [-0.2, 0) is 6.42 Å². The van der Waals surface area contributed by atoms with Crippen molar-refractivity contribution in [1.82, 2.24) is 15.2 Å². The highest BCUT2D eigenvalue weighted by atomic mass is 16.5. The molecule has 2 amide bonds. The molecule has 4 aromatic rings. The van der Waals surface area contributed by atoms with Crippen LogP contribution in [0.25, 0.3) is 21.9 Å². The van der Waals surface area contributed by atoms with Crippen molar-refractivity contribution >= 4 is 33.7 Å². The fraction of sp³-hybridized carbons (Fsp3) is 0.308. The molecule has 0 spiro atoms. The van der Waals surface area contributed by atoms with Gasteiger partial charge in [0.15, 0.2) is 0 Å². The number of amides is 2. The quantitative estimate of drug-likeness (QED) is 0.446. The molecule has 33 heavy (non-hydrogen) atoms. The van der Waals surface area contributed by atoms with Crippen molar-refractivity contribution in [1.29, 1.82) is 0 Å². The van der Waals surface area contributed by atoms with Crippen molar-refractivity contribution in [3.8, 4) is 5.75 Å². The van der Waals surface area contributed by atoms with Crippen molar-refractivity contribution in [3.05, 3.63) is 66.5 Å². The third kappa shape index (κ3) is 4.78. The Morgan fingerprint density at radius 3 is 2.67 bits per heavy atom. The Balaban J connectivity index is 1.18. The molecule has 7 heteroatoms. The van der Waals surface area contributed by atoms with Gasteiger partial charge in [-0.2, -0.15) is 0 Å². The number of hydrogen-bond acceptors (Lipinski definition) is 5. The smallest absolute Gasteiger partial charge is 0.319 e. The summed E-state index contributed by atoms with van der Waals surface area (Å²) in [6.45, 7) is 2.98. The molecular weight excluding hydrogens is 416 g/mol. The Morgan fingerprint density at radius 2 is 1.88 bits per heavy atom. The van der Waals surface area contributed by atoms with Crippen LogP contribution in [-0.4, -0.2) is 48.7 Å². The number of aromatic nitrogens is 1. The predicted molar refractivity (Wildman–Crippen MR) is 130 cm³/mol. The summed E-state index contributed by atoms with van der Waals surface area (Å²) in [5.74, 6) is 0.607. The van der Waals surface area contributed by atoms with Crippen LogP contribution in [0.4, 0.5) is 10.5 Å². The Bertz CT molecular complexity index is 1250. The summed E-state index contributed by atoms with van der Waals surface area (Å²) in [4.78, 5) is 19.2. The summed E-state index contributed by atoms with van der Waals surface area (Å²) in [6.07, 6.45) is 6.56. The van der Waals surface area contributed by atoms with Gasteiger partial charge in [-0.3, -0.25) is 4.98 Å². The Labute approximate surface area is 192 Å². The fourth-order valence-electron chi connectivity index (χ4n) is 4.50. The second-order valence-electron chi connectivity index (χ2n) is 8.47. The molecule has 0 aliphatic carbocycles. The van der Waals surface area contributed by atoms with Gasteiger partial charge in [-0.05, 0) is 49.1 Å². The van der Waals surface area contributed by atoms with Gasteiger partial charge in [0.2, 0.25) is 0 Å². The molecule has 0 atom stereocenters. The van der Waals surface area contributed by atoms with Crippen LogP contribution in [0.15, 0.2) is 65.3 Å². The van der Waals surface area contributed by atoms with Crippen molar-refractivity contribution in [3.63, 3.8) is 0 Å². The van der Waals surface area contributed by atoms with E-state index < -0.39 is 0 Å². The summed E-state index contributed by atoms with van der Waals surface area (Å²) in [5.41, 5.74) is 3.43. The number of piperidine rings is 1. The fourth-order valence-corrected chi connectivity index (χ4v) is 4.50. The van der Waals surface area contributed by atoms with E-state index in [0.29, 0.717) is 11.4 Å². The lowest BCUT2D eigenvalue weighted by Crippen LogP contribution is -2.46. The van der Waals surface area contributed by atoms with E-state index in [1.54, 1.807) is 7.11 Å². The minimum absolute atomic E-state index is 0.156. The van der Waals surface area contributed by atoms with Gasteiger partial charge >= 0.3 is 6.03 Å². The van der Waals surface area contributed by atoms with Gasteiger partial charge in [-0.1, -0.05) is 18.2 Å². The van der Waals surface area contributed by atoms with Crippen molar-refractivity contribution in [2.75, 3.05) is 32.1 Å². The van der Waals surface area contributed by atoms with Gasteiger partial charge in [0.25, 0.3) is 0 Å². The second-order valence-corrected chi connectivity index (χ2v) is 8.47. The average Bonchev–Trinajstić information content (AvgIpc) is 3.21. The van der Waals surface area contributed by atoms with E-state index in [0.717, 1.165) is 60.8 Å². The number of ether oxygens (including phenoxy) is 1. The van der Waals surface area contributed by atoms with Gasteiger partial charge in [0, 0.05) is 54.9 Å². The molecule has 0 radical (unpaired) electrons. The SMILES string of the molecule is COc1cc2c(cc1NC(=O)NC1CCN(CCc3ccncc3)CC1)oc1ccccc12. The predicted octanol–water partition coefficient (Wildman–Crippen LogP) is 4.82. The number of pyridine rings is 1. The van der Waals surface area contributed by atoms with Crippen LogP contribution >= 0.6 is 0 Å². The van der Waals surface area contributed by atoms with E-state index in [9.17, 15) is 4.79 Å². The minimum Gasteiger partial charge on any atom is -0.495 e. The van der Waals surface area contributed by atoms with Crippen molar-refractivity contribution in [2.24, 2.45) is 0 Å². The molecule has 1 fully saturated rings. The minimum atomic E-state index is -0.223. The molecule has 170 valence electrons. The number of benzene rings is 2. The zero-order chi connectivity index (χ0) is 22.6. The molecule has 2 aromatic carbocycles. The number of fused-ring (bicyclic) bond motifs is 3. The number of methoxy groups -OCH3 is 1. The number of anilines is 1. The maximum absolute atomic E-state index is 12.7. The molecule has 1 aliphatic heterocycles. The standard InChI is InChI=1S/C26H28N4O3/c1-32-25-16-21-20-4-2-3-5-23(20)33-24(21)17-22(25)29-26(31)28-19-9-14-30(15-10-19)13-8-18-6-11-27-12-7-18/h2-7,11-12,16-17,19H,8-10,13-15H2,1H3,(H2,28,29,31). The summed E-state index contributed by atoms with van der Waals surface area (Å²) < 4.78 is 11.5. The van der Waals surface area contributed by atoms with Crippen LogP contribution in [0.5, 0.6) is 5.75 Å². The molecule has 2 aromatic heterocycles. The Morgan fingerprint density at radius 1 is 1.09 bits per heavy atom. The molecular formula is C26H28N4O3. The lowest BCUT2D eigenvalue weighted by atomic mass is 10.0. The first kappa shape index (κ1) is 21.3. The molecule has 5 rings (SSSR count). The second kappa shape index (κ2) is 9.50. The number of rotatable bonds is 6. The Hall–Kier alpha value is -3.58. The van der Waals surface area contributed by atoms with Crippen molar-refractivity contribution < 1.29 is 13.9 Å². The van der Waals surface area contributed by atoms with Crippen LogP contribution in [0.1, 0.15) is 18.4 Å². The van der Waals surface area contributed by atoms with Crippen LogP contribution < -0.4 is 15.4 Å². The van der Waals surface area contributed by atoms with E-state index >= 15 is 0 Å². The highest BCUT2D eigenvalue weighted by Gasteiger charge is 2.21. The lowest BCUT2D eigenvalue weighted by molar-refractivity contribution is 0.197. The number of para-hydroxylation sites is 1. The lowest BCUT2D eigenvalue weighted by Gasteiger charge is -2.32. The highest BCUT2D eigenvalue weighted by molar-refractivity contribution is 6.07. The molecule has 2 N–H and O–H groups in total. The van der Waals surface area contributed by atoms with Crippen molar-refractivity contribution in [2.45, 2.75) is 25.3 Å². The number of likely N-dealkylation sites (tertiary alicyclic amines) is 1. The van der Waals surface area contributed by atoms with Crippen LogP contribution in [0.3, 0.4) is 0 Å². The highest BCUT2D eigenvalue weighted by Crippen LogP contribution is 2.36. The number of nitrogens with zero attached hydrogens (tertiary/aromatic N) is 2. The number of carbonyl (C=O) groups excluding carboxylic acids is 1. The van der Waals surface area contributed by atoms with E-state index in [1.165, 1.54) is 5.56 Å². The zero-order valence-electron chi connectivity index (χ0n) is 18.7. The van der Waals surface area contributed by atoms with Crippen LogP contribution in [0, 0.1) is 0 Å². The first-order chi connectivity index (χ1) is 16.2. The maximum Gasteiger partial charge on any atom is 0.319 e. The normalized spacial score (nSPS) is 15.1. The summed E-state index contributed by atoms with van der Waals surface area (Å²) in [7, 11) is 1.61. The molecule has 1 aliphatic rings. The van der Waals surface area contributed by atoms with E-state index in [4.69, 9.17) is 9.15 Å². The summed E-state index contributed by atoms with van der Waals surface area (Å²) in [5, 5.41) is 8.06. The topological polar surface area (TPSA) is 79.6 Å². The summed E-state index contributed by atoms with van der Waals surface area (Å²) >= 11 is 0. The molecule has 0 unspecified atom stereocenters. The Kier molecular flexibility index (Phi) is 6.13. The number of urea groups is 1. The third-order valence-electron chi connectivity index (χ3n) is 6.34.